The van der Waals surface area contributed by atoms with Gasteiger partial charge in [-0.3, -0.25) is 0 Å². The summed E-state index contributed by atoms with van der Waals surface area (Å²) >= 11 is 0. The quantitative estimate of drug-likeness (QED) is 0.425. The molecule has 9 nitrogen and oxygen atoms in total. The van der Waals surface area contributed by atoms with Gasteiger partial charge in [0.05, 0.1) is 19.9 Å². The summed E-state index contributed by atoms with van der Waals surface area (Å²) in [6.45, 7) is 1.85. The van der Waals surface area contributed by atoms with Gasteiger partial charge in [-0.2, -0.15) is 10.1 Å². The maximum absolute atomic E-state index is 5.61. The minimum Gasteiger partial charge on any atom is -0.497 e. The fourth-order valence-corrected chi connectivity index (χ4v) is 4.44. The van der Waals surface area contributed by atoms with E-state index in [1.807, 2.05) is 44.3 Å². The van der Waals surface area contributed by atoms with Crippen LogP contribution in [0.5, 0.6) is 11.5 Å². The first-order valence-electron chi connectivity index (χ1n) is 11.2. The molecule has 2 aromatic heterocycles. The number of anilines is 3. The number of methoxy groups -OCH3 is 2. The number of rotatable bonds is 7. The normalized spacial score (nSPS) is 14.5. The van der Waals surface area contributed by atoms with Crippen LogP contribution in [0.4, 0.5) is 17.5 Å². The van der Waals surface area contributed by atoms with Gasteiger partial charge >= 0.3 is 0 Å². The standard InChI is InChI=1S/C25H27N7O2/c1-15-27-14-32(31-15)21-11-8-17(13-22(21)34-4)28-25-29-23-19(9-10-20(23)24(26-2)30-25)16-6-5-7-18(12-16)33-3/h5-8,11-14,19H,9-10H2,1-4H3,(H2,26,28,29,30)/t19-/m0/s1. The van der Waals surface area contributed by atoms with E-state index in [2.05, 4.69) is 32.8 Å². The summed E-state index contributed by atoms with van der Waals surface area (Å²) in [6, 6.07) is 14.0. The van der Waals surface area contributed by atoms with Gasteiger partial charge in [0.1, 0.15) is 35.2 Å². The molecule has 2 heterocycles. The largest absolute Gasteiger partial charge is 0.497 e. The number of aryl methyl sites for hydroxylation is 1. The molecule has 2 aromatic carbocycles. The number of nitrogens with one attached hydrogen (secondary N) is 2. The number of ether oxygens (including phenoxy) is 2. The predicted molar refractivity (Wildman–Crippen MR) is 131 cm³/mol. The number of aromatic nitrogens is 5. The second kappa shape index (κ2) is 9.01. The van der Waals surface area contributed by atoms with Gasteiger partial charge in [0.2, 0.25) is 5.95 Å². The third kappa shape index (κ3) is 4.00. The molecule has 1 aliphatic carbocycles. The lowest BCUT2D eigenvalue weighted by Crippen LogP contribution is -2.08. The number of nitrogens with zero attached hydrogens (tertiary/aromatic N) is 5. The monoisotopic (exact) mass is 457 g/mol. The molecule has 1 aliphatic rings. The first-order chi connectivity index (χ1) is 16.6. The van der Waals surface area contributed by atoms with E-state index in [9.17, 15) is 0 Å². The van der Waals surface area contributed by atoms with Gasteiger partial charge in [0.25, 0.3) is 0 Å². The van der Waals surface area contributed by atoms with Crippen molar-refractivity contribution in [3.63, 3.8) is 0 Å². The van der Waals surface area contributed by atoms with Crippen molar-refractivity contribution in [1.29, 1.82) is 0 Å². The van der Waals surface area contributed by atoms with E-state index in [1.54, 1.807) is 25.2 Å². The third-order valence-electron chi connectivity index (χ3n) is 6.07. The Labute approximate surface area is 198 Å². The van der Waals surface area contributed by atoms with Crippen LogP contribution >= 0.6 is 0 Å². The van der Waals surface area contributed by atoms with Crippen molar-refractivity contribution in [2.24, 2.45) is 0 Å². The molecule has 0 saturated carbocycles. The van der Waals surface area contributed by atoms with Crippen LogP contribution in [0.15, 0.2) is 48.8 Å². The molecule has 0 amide bonds. The molecular formula is C25H27N7O2. The van der Waals surface area contributed by atoms with Crippen LogP contribution in [0.2, 0.25) is 0 Å². The number of benzene rings is 2. The summed E-state index contributed by atoms with van der Waals surface area (Å²) in [4.78, 5) is 13.9. The molecule has 0 fully saturated rings. The Morgan fingerprint density at radius 1 is 1.06 bits per heavy atom. The van der Waals surface area contributed by atoms with E-state index in [0.29, 0.717) is 17.5 Å². The van der Waals surface area contributed by atoms with Crippen molar-refractivity contribution in [1.82, 2.24) is 24.7 Å². The summed E-state index contributed by atoms with van der Waals surface area (Å²) in [5, 5.41) is 11.0. The Kier molecular flexibility index (Phi) is 5.75. The van der Waals surface area contributed by atoms with Crippen LogP contribution in [0.3, 0.4) is 0 Å². The van der Waals surface area contributed by atoms with E-state index in [4.69, 9.17) is 19.4 Å². The highest BCUT2D eigenvalue weighted by Gasteiger charge is 2.29. The molecule has 5 rings (SSSR count). The fourth-order valence-electron chi connectivity index (χ4n) is 4.44. The van der Waals surface area contributed by atoms with Gasteiger partial charge < -0.3 is 20.1 Å². The van der Waals surface area contributed by atoms with Gasteiger partial charge in [-0.1, -0.05) is 12.1 Å². The SMILES string of the molecule is CNc1nc(Nc2ccc(-n3cnc(C)n3)c(OC)c2)nc2c1CC[C@H]2c1cccc(OC)c1. The van der Waals surface area contributed by atoms with Gasteiger partial charge in [-0.15, -0.1) is 0 Å². The fraction of sp³-hybridized carbons (Fsp3) is 0.280. The van der Waals surface area contributed by atoms with Crippen LogP contribution < -0.4 is 20.1 Å². The molecule has 0 radical (unpaired) electrons. The zero-order valence-electron chi connectivity index (χ0n) is 19.7. The van der Waals surface area contributed by atoms with Crippen molar-refractivity contribution in [3.8, 4) is 17.2 Å². The first kappa shape index (κ1) is 21.7. The zero-order valence-corrected chi connectivity index (χ0v) is 19.7. The van der Waals surface area contributed by atoms with Crippen molar-refractivity contribution in [2.45, 2.75) is 25.7 Å². The van der Waals surface area contributed by atoms with E-state index in [1.165, 1.54) is 5.56 Å². The number of fused-ring (bicyclic) bond motifs is 1. The highest BCUT2D eigenvalue weighted by molar-refractivity contribution is 5.64. The Morgan fingerprint density at radius 2 is 1.94 bits per heavy atom. The third-order valence-corrected chi connectivity index (χ3v) is 6.07. The summed E-state index contributed by atoms with van der Waals surface area (Å²) in [5.41, 5.74) is 5.01. The minimum absolute atomic E-state index is 0.188. The summed E-state index contributed by atoms with van der Waals surface area (Å²) in [5.74, 6) is 3.78. The average molecular weight is 458 g/mol. The molecule has 0 saturated heterocycles. The van der Waals surface area contributed by atoms with E-state index >= 15 is 0 Å². The van der Waals surface area contributed by atoms with Crippen LogP contribution in [0, 0.1) is 6.92 Å². The minimum atomic E-state index is 0.188. The number of hydrogen-bond donors (Lipinski definition) is 2. The average Bonchev–Trinajstić information content (AvgIpc) is 3.49. The smallest absolute Gasteiger partial charge is 0.229 e. The Hall–Kier alpha value is -4.14. The molecule has 9 heteroatoms. The molecule has 0 unspecified atom stereocenters. The molecule has 0 spiro atoms. The highest BCUT2D eigenvalue weighted by Crippen LogP contribution is 2.41. The highest BCUT2D eigenvalue weighted by atomic mass is 16.5. The maximum Gasteiger partial charge on any atom is 0.229 e. The van der Waals surface area contributed by atoms with Crippen LogP contribution in [0.25, 0.3) is 5.69 Å². The van der Waals surface area contributed by atoms with Crippen LogP contribution in [-0.2, 0) is 6.42 Å². The molecule has 0 aliphatic heterocycles. The topological polar surface area (TPSA) is 99.0 Å². The van der Waals surface area contributed by atoms with Gasteiger partial charge in [-0.05, 0) is 49.6 Å². The van der Waals surface area contributed by atoms with Crippen molar-refractivity contribution >= 4 is 17.5 Å². The Morgan fingerprint density at radius 3 is 2.68 bits per heavy atom. The molecular weight excluding hydrogens is 430 g/mol. The van der Waals surface area contributed by atoms with Gasteiger partial charge in [-0.25, -0.2) is 14.6 Å². The van der Waals surface area contributed by atoms with Crippen molar-refractivity contribution in [3.05, 3.63) is 71.4 Å². The second-order valence-electron chi connectivity index (χ2n) is 8.13. The predicted octanol–water partition coefficient (Wildman–Crippen LogP) is 4.25. The maximum atomic E-state index is 5.61. The lowest BCUT2D eigenvalue weighted by Gasteiger charge is -2.16. The summed E-state index contributed by atoms with van der Waals surface area (Å²) in [7, 11) is 5.22. The van der Waals surface area contributed by atoms with Crippen molar-refractivity contribution in [2.75, 3.05) is 31.9 Å². The first-order valence-corrected chi connectivity index (χ1v) is 11.2. The van der Waals surface area contributed by atoms with Crippen LogP contribution in [-0.4, -0.2) is 46.0 Å². The molecule has 0 bridgehead atoms. The van der Waals surface area contributed by atoms with E-state index in [0.717, 1.165) is 47.0 Å². The van der Waals surface area contributed by atoms with Crippen molar-refractivity contribution < 1.29 is 9.47 Å². The summed E-state index contributed by atoms with van der Waals surface area (Å²) in [6.07, 6.45) is 3.57. The van der Waals surface area contributed by atoms with E-state index < -0.39 is 0 Å². The molecule has 1 atom stereocenters. The molecule has 174 valence electrons. The lowest BCUT2D eigenvalue weighted by molar-refractivity contribution is 0.412. The summed E-state index contributed by atoms with van der Waals surface area (Å²) < 4.78 is 12.7. The number of hydrogen-bond acceptors (Lipinski definition) is 8. The lowest BCUT2D eigenvalue weighted by atomic mass is 9.96. The zero-order chi connectivity index (χ0) is 23.7. The Bertz CT molecular complexity index is 1330. The van der Waals surface area contributed by atoms with E-state index in [-0.39, 0.29) is 5.92 Å². The van der Waals surface area contributed by atoms with Gasteiger partial charge in [0.15, 0.2) is 0 Å². The van der Waals surface area contributed by atoms with Gasteiger partial charge in [0, 0.05) is 30.3 Å². The second-order valence-corrected chi connectivity index (χ2v) is 8.13. The van der Waals surface area contributed by atoms with Crippen LogP contribution in [0.1, 0.15) is 35.0 Å². The Balaban J connectivity index is 1.48. The molecule has 2 N–H and O–H groups in total. The molecule has 34 heavy (non-hydrogen) atoms. The molecule has 4 aromatic rings.